The lowest BCUT2D eigenvalue weighted by Gasteiger charge is -2.34. The molecule has 5 heteroatoms. The Balaban J connectivity index is 2.07. The molecule has 0 unspecified atom stereocenters. The Morgan fingerprint density at radius 2 is 2.18 bits per heavy atom. The predicted octanol–water partition coefficient (Wildman–Crippen LogP) is 1.75. The molecule has 0 saturated carbocycles. The molecule has 1 saturated heterocycles. The summed E-state index contributed by atoms with van der Waals surface area (Å²) in [5.74, 6) is -1.53. The zero-order chi connectivity index (χ0) is 16.2. The number of aliphatic hydroxyl groups is 1. The number of fused-ring (bicyclic) bond motifs is 3. The molecule has 120 valence electrons. The van der Waals surface area contributed by atoms with Crippen molar-refractivity contribution >= 4 is 11.9 Å². The molecule has 0 aromatic rings. The molecular weight excluding hydrogens is 284 g/mol. The predicted molar refractivity (Wildman–Crippen MR) is 78.7 cm³/mol. The molecule has 2 aliphatic carbocycles. The van der Waals surface area contributed by atoms with E-state index in [1.165, 1.54) is 6.92 Å². The highest BCUT2D eigenvalue weighted by Gasteiger charge is 2.57. The van der Waals surface area contributed by atoms with E-state index in [4.69, 9.17) is 9.47 Å². The summed E-state index contributed by atoms with van der Waals surface area (Å²) in [5, 5.41) is 10.7. The van der Waals surface area contributed by atoms with Gasteiger partial charge < -0.3 is 14.6 Å². The van der Waals surface area contributed by atoms with Crippen LogP contribution in [0.15, 0.2) is 23.3 Å². The summed E-state index contributed by atoms with van der Waals surface area (Å²) in [6, 6.07) is 0. The topological polar surface area (TPSA) is 72.8 Å². The van der Waals surface area contributed by atoms with Crippen molar-refractivity contribution < 1.29 is 24.2 Å². The van der Waals surface area contributed by atoms with Gasteiger partial charge in [-0.25, -0.2) is 0 Å². The summed E-state index contributed by atoms with van der Waals surface area (Å²) in [5.41, 5.74) is 1.01. The minimum atomic E-state index is -1.06. The number of carbonyl (C=O) groups is 2. The fraction of sp³-hybridized carbons (Fsp3) is 0.647. The van der Waals surface area contributed by atoms with Gasteiger partial charge in [0.25, 0.3) is 0 Å². The summed E-state index contributed by atoms with van der Waals surface area (Å²) < 4.78 is 11.1. The molecule has 5 nitrogen and oxygen atoms in total. The summed E-state index contributed by atoms with van der Waals surface area (Å²) >= 11 is 0. The zero-order valence-electron chi connectivity index (χ0n) is 13.3. The zero-order valence-corrected chi connectivity index (χ0v) is 13.3. The first kappa shape index (κ1) is 15.3. The highest BCUT2D eigenvalue weighted by Crippen LogP contribution is 2.50. The molecule has 0 radical (unpaired) electrons. The molecule has 1 aliphatic heterocycles. The molecule has 0 spiro atoms. The van der Waals surface area contributed by atoms with Crippen LogP contribution in [-0.4, -0.2) is 34.9 Å². The SMILES string of the molecule is CC(=O)O[C@H]1CC(C)=C2C=C[C@@](C)(O)[C@@H]2[C@H]2OC(=O)[C@H](C)[C@@H]21. The van der Waals surface area contributed by atoms with Crippen LogP contribution in [0.4, 0.5) is 0 Å². The van der Waals surface area contributed by atoms with Crippen molar-refractivity contribution in [3.63, 3.8) is 0 Å². The number of hydrogen-bond donors (Lipinski definition) is 1. The van der Waals surface area contributed by atoms with Gasteiger partial charge in [0.05, 0.1) is 17.4 Å². The van der Waals surface area contributed by atoms with E-state index in [-0.39, 0.29) is 29.7 Å². The van der Waals surface area contributed by atoms with Crippen molar-refractivity contribution in [1.29, 1.82) is 0 Å². The Labute approximate surface area is 130 Å². The van der Waals surface area contributed by atoms with Crippen LogP contribution in [0.25, 0.3) is 0 Å². The largest absolute Gasteiger partial charge is 0.462 e. The van der Waals surface area contributed by atoms with E-state index >= 15 is 0 Å². The van der Waals surface area contributed by atoms with Crippen molar-refractivity contribution in [3.8, 4) is 0 Å². The van der Waals surface area contributed by atoms with E-state index in [0.29, 0.717) is 6.42 Å². The van der Waals surface area contributed by atoms with Crippen LogP contribution < -0.4 is 0 Å². The van der Waals surface area contributed by atoms with Gasteiger partial charge in [0.2, 0.25) is 0 Å². The first-order valence-electron chi connectivity index (χ1n) is 7.71. The van der Waals surface area contributed by atoms with Gasteiger partial charge in [-0.15, -0.1) is 0 Å². The number of esters is 2. The summed E-state index contributed by atoms with van der Waals surface area (Å²) in [6.45, 7) is 6.90. The van der Waals surface area contributed by atoms with Crippen molar-refractivity contribution in [2.45, 2.75) is 51.9 Å². The molecule has 0 amide bonds. The van der Waals surface area contributed by atoms with Gasteiger partial charge in [-0.1, -0.05) is 24.6 Å². The van der Waals surface area contributed by atoms with Gasteiger partial charge >= 0.3 is 11.9 Å². The molecule has 1 N–H and O–H groups in total. The van der Waals surface area contributed by atoms with Crippen LogP contribution >= 0.6 is 0 Å². The van der Waals surface area contributed by atoms with E-state index in [2.05, 4.69) is 0 Å². The lowest BCUT2D eigenvalue weighted by atomic mass is 9.76. The summed E-state index contributed by atoms with van der Waals surface area (Å²) in [4.78, 5) is 23.5. The smallest absolute Gasteiger partial charge is 0.309 e. The van der Waals surface area contributed by atoms with Crippen molar-refractivity contribution in [1.82, 2.24) is 0 Å². The normalized spacial score (nSPS) is 43.5. The van der Waals surface area contributed by atoms with E-state index < -0.39 is 17.8 Å². The Bertz CT molecular complexity index is 586. The fourth-order valence-corrected chi connectivity index (χ4v) is 4.17. The van der Waals surface area contributed by atoms with E-state index in [1.807, 2.05) is 13.0 Å². The van der Waals surface area contributed by atoms with E-state index in [9.17, 15) is 14.7 Å². The average Bonchev–Trinajstić information content (AvgIpc) is 2.81. The highest BCUT2D eigenvalue weighted by molar-refractivity contribution is 5.75. The summed E-state index contributed by atoms with van der Waals surface area (Å²) in [6.07, 6.45) is 3.37. The van der Waals surface area contributed by atoms with Gasteiger partial charge in [-0.2, -0.15) is 0 Å². The Morgan fingerprint density at radius 1 is 1.50 bits per heavy atom. The standard InChI is InChI=1S/C17H22O5/c1-8-7-12(21-10(3)18)13-9(2)16(19)22-15(13)14-11(8)5-6-17(14,4)20/h5-6,9,12-15,20H,7H2,1-4H3/t9-,12+,13-,14+,15+,17-/m1/s1. The van der Waals surface area contributed by atoms with Gasteiger partial charge in [-0.3, -0.25) is 9.59 Å². The Kier molecular flexibility index (Phi) is 3.44. The molecule has 0 aromatic heterocycles. The van der Waals surface area contributed by atoms with E-state index in [1.54, 1.807) is 19.9 Å². The summed E-state index contributed by atoms with van der Waals surface area (Å²) in [7, 11) is 0. The molecule has 22 heavy (non-hydrogen) atoms. The quantitative estimate of drug-likeness (QED) is 0.747. The maximum absolute atomic E-state index is 12.1. The number of carbonyl (C=O) groups excluding carboxylic acids is 2. The number of rotatable bonds is 1. The minimum Gasteiger partial charge on any atom is -0.462 e. The molecule has 6 atom stereocenters. The van der Waals surface area contributed by atoms with Crippen molar-refractivity contribution in [3.05, 3.63) is 23.3 Å². The molecule has 0 aromatic carbocycles. The van der Waals surface area contributed by atoms with Crippen LogP contribution in [0.5, 0.6) is 0 Å². The number of hydrogen-bond acceptors (Lipinski definition) is 5. The van der Waals surface area contributed by atoms with Crippen LogP contribution in [0, 0.1) is 17.8 Å². The lowest BCUT2D eigenvalue weighted by Crippen LogP contribution is -2.44. The third-order valence-corrected chi connectivity index (χ3v) is 5.22. The highest BCUT2D eigenvalue weighted by atomic mass is 16.6. The molecule has 0 bridgehead atoms. The van der Waals surface area contributed by atoms with Gasteiger partial charge in [0, 0.05) is 19.3 Å². The minimum absolute atomic E-state index is 0.236. The first-order valence-corrected chi connectivity index (χ1v) is 7.71. The molecule has 3 rings (SSSR count). The van der Waals surface area contributed by atoms with Gasteiger partial charge in [0.1, 0.15) is 12.2 Å². The maximum atomic E-state index is 12.1. The van der Waals surface area contributed by atoms with Crippen LogP contribution in [0.3, 0.4) is 0 Å². The van der Waals surface area contributed by atoms with E-state index in [0.717, 1.165) is 11.1 Å². The molecule has 1 heterocycles. The Morgan fingerprint density at radius 3 is 2.82 bits per heavy atom. The fourth-order valence-electron chi connectivity index (χ4n) is 4.17. The van der Waals surface area contributed by atoms with Gasteiger partial charge in [-0.05, 0) is 19.4 Å². The second-order valence-corrected chi connectivity index (χ2v) is 6.89. The van der Waals surface area contributed by atoms with Crippen LogP contribution in [-0.2, 0) is 19.1 Å². The second kappa shape index (κ2) is 4.95. The second-order valence-electron chi connectivity index (χ2n) is 6.89. The average molecular weight is 306 g/mol. The van der Waals surface area contributed by atoms with Crippen LogP contribution in [0.2, 0.25) is 0 Å². The third kappa shape index (κ3) is 2.19. The number of allylic oxidation sites excluding steroid dienone is 1. The maximum Gasteiger partial charge on any atom is 0.309 e. The lowest BCUT2D eigenvalue weighted by molar-refractivity contribution is -0.151. The van der Waals surface area contributed by atoms with Crippen LogP contribution in [0.1, 0.15) is 34.1 Å². The molecular formula is C17H22O5. The number of ether oxygens (including phenoxy) is 2. The van der Waals surface area contributed by atoms with Gasteiger partial charge in [0.15, 0.2) is 0 Å². The Hall–Kier alpha value is -1.62. The monoisotopic (exact) mass is 306 g/mol. The van der Waals surface area contributed by atoms with Crippen molar-refractivity contribution in [2.75, 3.05) is 0 Å². The third-order valence-electron chi connectivity index (χ3n) is 5.22. The first-order chi connectivity index (χ1) is 10.2. The molecule has 3 aliphatic rings. The molecule has 1 fully saturated rings. The van der Waals surface area contributed by atoms with Crippen molar-refractivity contribution in [2.24, 2.45) is 17.8 Å².